The Labute approximate surface area is 152 Å². The van der Waals surface area contributed by atoms with Crippen molar-refractivity contribution in [1.82, 2.24) is 15.1 Å². The monoisotopic (exact) mass is 381 g/mol. The van der Waals surface area contributed by atoms with Crippen molar-refractivity contribution in [2.75, 3.05) is 11.5 Å². The van der Waals surface area contributed by atoms with Crippen molar-refractivity contribution in [3.05, 3.63) is 51.8 Å². The maximum absolute atomic E-state index is 12.6. The van der Waals surface area contributed by atoms with Gasteiger partial charge in [-0.3, -0.25) is 9.48 Å². The highest BCUT2D eigenvalue weighted by molar-refractivity contribution is 7.91. The molecule has 1 saturated heterocycles. The molecule has 1 aliphatic heterocycles. The summed E-state index contributed by atoms with van der Waals surface area (Å²) in [6.45, 7) is 3.93. The van der Waals surface area contributed by atoms with Crippen LogP contribution in [-0.4, -0.2) is 35.6 Å². The van der Waals surface area contributed by atoms with E-state index in [1.165, 1.54) is 0 Å². The fraction of sp³-hybridized carbons (Fsp3) is 0.412. The molecule has 0 bridgehead atoms. The fourth-order valence-corrected chi connectivity index (χ4v) is 5.14. The van der Waals surface area contributed by atoms with Gasteiger partial charge in [0.15, 0.2) is 9.84 Å². The summed E-state index contributed by atoms with van der Waals surface area (Å²) in [5, 5.41) is 7.91. The number of carbonyl (C=O) groups excluding carboxylic acids is 1. The number of amides is 1. The molecule has 1 amide bonds. The van der Waals surface area contributed by atoms with Crippen LogP contribution in [0.15, 0.2) is 24.3 Å². The molecule has 6 nitrogen and oxygen atoms in total. The maximum atomic E-state index is 12.6. The van der Waals surface area contributed by atoms with Gasteiger partial charge in [-0.05, 0) is 38.0 Å². The first-order valence-electron chi connectivity index (χ1n) is 8.05. The minimum atomic E-state index is -3.01. The molecule has 1 aromatic carbocycles. The highest BCUT2D eigenvalue weighted by Crippen LogP contribution is 2.26. The summed E-state index contributed by atoms with van der Waals surface area (Å²) in [6.07, 6.45) is 0.536. The second kappa shape index (κ2) is 6.80. The molecular formula is C17H20ClN3O3S. The number of benzene rings is 1. The highest BCUT2D eigenvalue weighted by Gasteiger charge is 2.32. The molecule has 8 heteroatoms. The topological polar surface area (TPSA) is 81.1 Å². The van der Waals surface area contributed by atoms with Crippen molar-refractivity contribution in [1.29, 1.82) is 0 Å². The minimum absolute atomic E-state index is 0.0819. The summed E-state index contributed by atoms with van der Waals surface area (Å²) in [4.78, 5) is 12.6. The Hall–Kier alpha value is -1.86. The number of hydrogen-bond donors (Lipinski definition) is 1. The van der Waals surface area contributed by atoms with Crippen LogP contribution in [0.2, 0.25) is 5.02 Å². The molecule has 1 aromatic heterocycles. The van der Waals surface area contributed by atoms with Crippen LogP contribution in [0.5, 0.6) is 0 Å². The highest BCUT2D eigenvalue weighted by atomic mass is 35.5. The zero-order valence-corrected chi connectivity index (χ0v) is 15.7. The first-order valence-corrected chi connectivity index (χ1v) is 10.3. The van der Waals surface area contributed by atoms with Crippen LogP contribution in [0.3, 0.4) is 0 Å². The molecule has 134 valence electrons. The molecule has 1 N–H and O–H groups in total. The molecule has 1 fully saturated rings. The number of halogens is 1. The molecule has 3 rings (SSSR count). The normalized spacial score (nSPS) is 19.1. The van der Waals surface area contributed by atoms with Crippen molar-refractivity contribution < 1.29 is 13.2 Å². The maximum Gasteiger partial charge on any atom is 0.255 e. The van der Waals surface area contributed by atoms with Gasteiger partial charge in [0, 0.05) is 17.3 Å². The zero-order chi connectivity index (χ0) is 18.2. The fourth-order valence-electron chi connectivity index (χ4n) is 3.23. The second-order valence-corrected chi connectivity index (χ2v) is 9.03. The van der Waals surface area contributed by atoms with E-state index < -0.39 is 9.84 Å². The largest absolute Gasteiger partial charge is 0.348 e. The number of rotatable bonds is 4. The third kappa shape index (κ3) is 3.88. The third-order valence-corrected chi connectivity index (χ3v) is 6.43. The van der Waals surface area contributed by atoms with Gasteiger partial charge in [-0.25, -0.2) is 8.42 Å². The number of carbonyl (C=O) groups is 1. The van der Waals surface area contributed by atoms with Gasteiger partial charge in [0.1, 0.15) is 0 Å². The molecule has 25 heavy (non-hydrogen) atoms. The lowest BCUT2D eigenvalue weighted by Gasteiger charge is -2.11. The summed E-state index contributed by atoms with van der Waals surface area (Å²) in [5.41, 5.74) is 2.71. The summed E-state index contributed by atoms with van der Waals surface area (Å²) in [6, 6.07) is 7.10. The second-order valence-electron chi connectivity index (χ2n) is 6.36. The van der Waals surface area contributed by atoms with E-state index in [0.29, 0.717) is 34.9 Å². The number of nitrogens with one attached hydrogen (secondary N) is 1. The van der Waals surface area contributed by atoms with E-state index in [9.17, 15) is 13.2 Å². The SMILES string of the molecule is Cc1nn([C@H]2CCS(=O)(=O)C2)c(C)c1C(=O)NCc1cccc(Cl)c1. The molecule has 1 atom stereocenters. The molecule has 1 aliphatic rings. The molecule has 2 aromatic rings. The van der Waals surface area contributed by atoms with Crippen LogP contribution in [0.1, 0.15) is 39.8 Å². The predicted molar refractivity (Wildman–Crippen MR) is 96.6 cm³/mol. The van der Waals surface area contributed by atoms with Gasteiger partial charge in [-0.1, -0.05) is 23.7 Å². The molecule has 0 radical (unpaired) electrons. The van der Waals surface area contributed by atoms with Crippen LogP contribution in [0.25, 0.3) is 0 Å². The lowest BCUT2D eigenvalue weighted by molar-refractivity contribution is 0.0949. The van der Waals surface area contributed by atoms with Crippen molar-refractivity contribution >= 4 is 27.3 Å². The van der Waals surface area contributed by atoms with Gasteiger partial charge in [0.05, 0.1) is 28.8 Å². The average Bonchev–Trinajstić information content (AvgIpc) is 3.04. The van der Waals surface area contributed by atoms with E-state index in [4.69, 9.17) is 11.6 Å². The number of nitrogens with zero attached hydrogens (tertiary/aromatic N) is 2. The molecular weight excluding hydrogens is 362 g/mol. The Balaban J connectivity index is 1.77. The Morgan fingerprint density at radius 2 is 2.16 bits per heavy atom. The zero-order valence-electron chi connectivity index (χ0n) is 14.1. The average molecular weight is 382 g/mol. The molecule has 0 spiro atoms. The predicted octanol–water partition coefficient (Wildman–Crippen LogP) is 2.44. The summed E-state index contributed by atoms with van der Waals surface area (Å²) in [5.74, 6) is 0.0345. The van der Waals surface area contributed by atoms with Gasteiger partial charge in [-0.2, -0.15) is 5.10 Å². The van der Waals surface area contributed by atoms with E-state index >= 15 is 0 Å². The standard InChI is InChI=1S/C17H20ClN3O3S/c1-11-16(17(22)19-9-13-4-3-5-14(18)8-13)12(2)21(20-11)15-6-7-25(23,24)10-15/h3-5,8,15H,6-7,9-10H2,1-2H3,(H,19,22)/t15-/m0/s1. The third-order valence-electron chi connectivity index (χ3n) is 4.45. The lowest BCUT2D eigenvalue weighted by Crippen LogP contribution is -2.24. The Morgan fingerprint density at radius 1 is 1.40 bits per heavy atom. The van der Waals surface area contributed by atoms with Gasteiger partial charge < -0.3 is 5.32 Å². The van der Waals surface area contributed by atoms with Crippen LogP contribution in [0, 0.1) is 13.8 Å². The number of hydrogen-bond acceptors (Lipinski definition) is 4. The van der Waals surface area contributed by atoms with Gasteiger partial charge in [0.25, 0.3) is 5.91 Å². The van der Waals surface area contributed by atoms with Crippen molar-refractivity contribution in [3.8, 4) is 0 Å². The van der Waals surface area contributed by atoms with E-state index in [1.807, 2.05) is 12.1 Å². The van der Waals surface area contributed by atoms with E-state index in [-0.39, 0.29) is 23.5 Å². The number of aromatic nitrogens is 2. The molecule has 0 saturated carbocycles. The molecule has 0 unspecified atom stereocenters. The van der Waals surface area contributed by atoms with Crippen molar-refractivity contribution in [2.24, 2.45) is 0 Å². The molecule has 2 heterocycles. The first kappa shape index (κ1) is 17.9. The summed E-state index contributed by atoms with van der Waals surface area (Å²) in [7, 11) is -3.01. The van der Waals surface area contributed by atoms with Crippen LogP contribution in [-0.2, 0) is 16.4 Å². The van der Waals surface area contributed by atoms with Gasteiger partial charge >= 0.3 is 0 Å². The van der Waals surface area contributed by atoms with E-state index in [0.717, 1.165) is 5.56 Å². The Bertz CT molecular complexity index is 921. The van der Waals surface area contributed by atoms with E-state index in [1.54, 1.807) is 30.7 Å². The summed E-state index contributed by atoms with van der Waals surface area (Å²) >= 11 is 5.95. The van der Waals surface area contributed by atoms with Crippen molar-refractivity contribution in [3.63, 3.8) is 0 Å². The van der Waals surface area contributed by atoms with Crippen LogP contribution >= 0.6 is 11.6 Å². The van der Waals surface area contributed by atoms with Crippen LogP contribution in [0.4, 0.5) is 0 Å². The first-order chi connectivity index (χ1) is 11.8. The quantitative estimate of drug-likeness (QED) is 0.881. The minimum Gasteiger partial charge on any atom is -0.348 e. The number of aryl methyl sites for hydroxylation is 1. The van der Waals surface area contributed by atoms with E-state index in [2.05, 4.69) is 10.4 Å². The Morgan fingerprint density at radius 3 is 2.80 bits per heavy atom. The smallest absolute Gasteiger partial charge is 0.255 e. The van der Waals surface area contributed by atoms with Crippen molar-refractivity contribution in [2.45, 2.75) is 32.9 Å². The van der Waals surface area contributed by atoms with Gasteiger partial charge in [-0.15, -0.1) is 0 Å². The molecule has 0 aliphatic carbocycles. The lowest BCUT2D eigenvalue weighted by atomic mass is 10.1. The Kier molecular flexibility index (Phi) is 4.88. The summed E-state index contributed by atoms with van der Waals surface area (Å²) < 4.78 is 25.1. The van der Waals surface area contributed by atoms with Crippen LogP contribution < -0.4 is 5.32 Å². The number of sulfone groups is 1. The van der Waals surface area contributed by atoms with Gasteiger partial charge in [0.2, 0.25) is 0 Å².